The Morgan fingerprint density at radius 2 is 2.14 bits per heavy atom. The molecule has 1 aromatic carbocycles. The molecule has 0 fully saturated rings. The number of thioether (sulfide) groups is 1. The number of hydrogen-bond acceptors (Lipinski definition) is 5. The van der Waals surface area contributed by atoms with E-state index < -0.39 is 26.5 Å². The summed E-state index contributed by atoms with van der Waals surface area (Å²) in [6.45, 7) is 3.73. The van der Waals surface area contributed by atoms with Gasteiger partial charge in [-0.2, -0.15) is 16.2 Å². The Bertz CT molecular complexity index is 607. The van der Waals surface area contributed by atoms with Crippen molar-refractivity contribution in [3.05, 3.63) is 34.1 Å². The molecule has 0 saturated carbocycles. The van der Waals surface area contributed by atoms with Gasteiger partial charge >= 0.3 is 5.69 Å². The first-order chi connectivity index (χ1) is 9.77. The molecule has 0 radical (unpaired) electrons. The molecule has 1 rings (SSSR count). The lowest BCUT2D eigenvalue weighted by Gasteiger charge is -2.13. The molecule has 0 amide bonds. The van der Waals surface area contributed by atoms with E-state index in [1.165, 1.54) is 0 Å². The summed E-state index contributed by atoms with van der Waals surface area (Å²) in [6, 6.07) is 2.24. The van der Waals surface area contributed by atoms with Gasteiger partial charge in [-0.05, 0) is 30.9 Å². The van der Waals surface area contributed by atoms with Crippen LogP contribution < -0.4 is 4.72 Å². The van der Waals surface area contributed by atoms with Crippen molar-refractivity contribution in [1.82, 2.24) is 4.72 Å². The maximum atomic E-state index is 13.5. The van der Waals surface area contributed by atoms with Crippen molar-refractivity contribution in [2.75, 3.05) is 11.5 Å². The van der Waals surface area contributed by atoms with Crippen LogP contribution in [0.5, 0.6) is 0 Å². The van der Waals surface area contributed by atoms with Crippen LogP contribution in [0.15, 0.2) is 23.1 Å². The fraction of sp³-hybridized carbons (Fsp3) is 0.500. The van der Waals surface area contributed by atoms with E-state index in [9.17, 15) is 22.9 Å². The van der Waals surface area contributed by atoms with Crippen molar-refractivity contribution in [1.29, 1.82) is 0 Å². The smallest absolute Gasteiger partial charge is 0.258 e. The molecular weight excluding hydrogens is 319 g/mol. The van der Waals surface area contributed by atoms with E-state index in [1.807, 2.05) is 6.92 Å². The van der Waals surface area contributed by atoms with E-state index in [0.717, 1.165) is 23.6 Å². The molecule has 0 spiro atoms. The third kappa shape index (κ3) is 5.25. The van der Waals surface area contributed by atoms with Gasteiger partial charge in [-0.1, -0.05) is 6.92 Å². The summed E-state index contributed by atoms with van der Waals surface area (Å²) in [7, 11) is -3.88. The second kappa shape index (κ2) is 7.71. The molecule has 0 aliphatic rings. The quantitative estimate of drug-likeness (QED) is 0.448. The van der Waals surface area contributed by atoms with Crippen LogP contribution in [0.3, 0.4) is 0 Å². The van der Waals surface area contributed by atoms with Crippen LogP contribution in [0.1, 0.15) is 20.3 Å². The predicted octanol–water partition coefficient (Wildman–Crippen LogP) is 2.54. The van der Waals surface area contributed by atoms with E-state index in [-0.39, 0.29) is 10.9 Å². The second-order valence-corrected chi connectivity index (χ2v) is 7.49. The van der Waals surface area contributed by atoms with Gasteiger partial charge in [-0.3, -0.25) is 10.1 Å². The molecule has 0 aliphatic heterocycles. The van der Waals surface area contributed by atoms with E-state index in [0.29, 0.717) is 12.5 Å². The zero-order valence-corrected chi connectivity index (χ0v) is 13.3. The lowest BCUT2D eigenvalue weighted by molar-refractivity contribution is -0.387. The molecule has 9 heteroatoms. The number of nitrogens with one attached hydrogen (secondary N) is 1. The average molecular weight is 336 g/mol. The molecular formula is C12H17FN2O4S2. The Morgan fingerprint density at radius 1 is 1.48 bits per heavy atom. The van der Waals surface area contributed by atoms with Gasteiger partial charge in [0.2, 0.25) is 15.8 Å². The Morgan fingerprint density at radius 3 is 2.67 bits per heavy atom. The zero-order valence-electron chi connectivity index (χ0n) is 11.7. The number of nitro benzene ring substituents is 1. The number of rotatable bonds is 8. The summed E-state index contributed by atoms with van der Waals surface area (Å²) < 4.78 is 40.0. The van der Waals surface area contributed by atoms with Crippen molar-refractivity contribution in [3.63, 3.8) is 0 Å². The lowest BCUT2D eigenvalue weighted by atomic mass is 10.3. The maximum Gasteiger partial charge on any atom is 0.304 e. The largest absolute Gasteiger partial charge is 0.304 e. The topological polar surface area (TPSA) is 89.3 Å². The summed E-state index contributed by atoms with van der Waals surface area (Å²) in [6.07, 6.45) is 0.646. The summed E-state index contributed by atoms with van der Waals surface area (Å²) in [5.41, 5.74) is -0.749. The minimum absolute atomic E-state index is 0.299. The van der Waals surface area contributed by atoms with Gasteiger partial charge in [0.1, 0.15) is 0 Å². The number of nitrogens with zero attached hydrogens (tertiary/aromatic N) is 1. The highest BCUT2D eigenvalue weighted by Crippen LogP contribution is 2.21. The minimum Gasteiger partial charge on any atom is -0.258 e. The molecule has 21 heavy (non-hydrogen) atoms. The Hall–Kier alpha value is -1.19. The molecule has 118 valence electrons. The van der Waals surface area contributed by atoms with Crippen LogP contribution in [0.25, 0.3) is 0 Å². The van der Waals surface area contributed by atoms with E-state index in [2.05, 4.69) is 4.72 Å². The average Bonchev–Trinajstić information content (AvgIpc) is 2.37. The van der Waals surface area contributed by atoms with E-state index in [4.69, 9.17) is 0 Å². The van der Waals surface area contributed by atoms with Crippen LogP contribution in [-0.2, 0) is 10.0 Å². The Kier molecular flexibility index (Phi) is 6.56. The first kappa shape index (κ1) is 17.9. The van der Waals surface area contributed by atoms with Crippen LogP contribution in [0.4, 0.5) is 10.1 Å². The molecule has 1 atom stereocenters. The molecule has 0 saturated heterocycles. The summed E-state index contributed by atoms with van der Waals surface area (Å²) in [4.78, 5) is 9.29. The number of sulfonamides is 1. The molecule has 1 N–H and O–H groups in total. The SMILES string of the molecule is CCSCCC(C)NS(=O)(=O)c1ccc([N+](=O)[O-])c(F)c1. The van der Waals surface area contributed by atoms with Gasteiger partial charge in [-0.25, -0.2) is 13.1 Å². The number of hydrogen-bond donors (Lipinski definition) is 1. The summed E-state index contributed by atoms with van der Waals surface area (Å²) in [5.74, 6) is 0.596. The minimum atomic E-state index is -3.88. The molecule has 0 bridgehead atoms. The fourth-order valence-corrected chi connectivity index (χ4v) is 3.70. The predicted molar refractivity (Wildman–Crippen MR) is 80.5 cm³/mol. The second-order valence-electron chi connectivity index (χ2n) is 4.38. The molecule has 1 unspecified atom stereocenters. The van der Waals surface area contributed by atoms with Crippen molar-refractivity contribution < 1.29 is 17.7 Å². The number of benzene rings is 1. The zero-order chi connectivity index (χ0) is 16.0. The number of halogens is 1. The van der Waals surface area contributed by atoms with Gasteiger partial charge < -0.3 is 0 Å². The van der Waals surface area contributed by atoms with Crippen molar-refractivity contribution >= 4 is 27.5 Å². The highest BCUT2D eigenvalue weighted by molar-refractivity contribution is 7.99. The van der Waals surface area contributed by atoms with Gasteiger partial charge in [0.15, 0.2) is 0 Å². The van der Waals surface area contributed by atoms with Crippen molar-refractivity contribution in [2.45, 2.75) is 31.2 Å². The first-order valence-corrected chi connectivity index (χ1v) is 8.95. The molecule has 0 aliphatic carbocycles. The Balaban J connectivity index is 2.83. The fourth-order valence-electron chi connectivity index (χ4n) is 1.60. The van der Waals surface area contributed by atoms with Crippen LogP contribution >= 0.6 is 11.8 Å². The third-order valence-corrected chi connectivity index (χ3v) is 5.20. The lowest BCUT2D eigenvalue weighted by Crippen LogP contribution is -2.33. The third-order valence-electron chi connectivity index (χ3n) is 2.68. The molecule has 6 nitrogen and oxygen atoms in total. The Labute approximate surface area is 127 Å². The van der Waals surface area contributed by atoms with Gasteiger partial charge in [-0.15, -0.1) is 0 Å². The van der Waals surface area contributed by atoms with Gasteiger partial charge in [0.05, 0.1) is 9.82 Å². The first-order valence-electron chi connectivity index (χ1n) is 6.32. The van der Waals surface area contributed by atoms with E-state index in [1.54, 1.807) is 18.7 Å². The van der Waals surface area contributed by atoms with Crippen molar-refractivity contribution in [3.8, 4) is 0 Å². The standard InChI is InChI=1S/C12H17FN2O4S2/c1-3-20-7-6-9(2)14-21(18,19)10-4-5-12(15(16)17)11(13)8-10/h4-5,8-9,14H,3,6-7H2,1-2H3. The van der Waals surface area contributed by atoms with E-state index >= 15 is 0 Å². The van der Waals surface area contributed by atoms with Crippen molar-refractivity contribution in [2.24, 2.45) is 0 Å². The monoisotopic (exact) mass is 336 g/mol. The highest BCUT2D eigenvalue weighted by atomic mass is 32.2. The van der Waals surface area contributed by atoms with Crippen LogP contribution in [0, 0.1) is 15.9 Å². The summed E-state index contributed by atoms with van der Waals surface area (Å²) in [5, 5.41) is 10.5. The van der Waals surface area contributed by atoms with Gasteiger partial charge in [0, 0.05) is 18.2 Å². The molecule has 0 aromatic heterocycles. The normalized spacial score (nSPS) is 13.1. The van der Waals surface area contributed by atoms with Crippen LogP contribution in [0.2, 0.25) is 0 Å². The van der Waals surface area contributed by atoms with Gasteiger partial charge in [0.25, 0.3) is 0 Å². The highest BCUT2D eigenvalue weighted by Gasteiger charge is 2.22. The van der Waals surface area contributed by atoms with Crippen LogP contribution in [-0.4, -0.2) is 30.9 Å². The maximum absolute atomic E-state index is 13.5. The number of nitro groups is 1. The summed E-state index contributed by atoms with van der Waals surface area (Å²) >= 11 is 1.70. The molecule has 1 aromatic rings. The molecule has 0 heterocycles.